The second kappa shape index (κ2) is 10.3. The number of alkyl halides is 6. The van der Waals surface area contributed by atoms with Crippen molar-refractivity contribution in [2.45, 2.75) is 57.3 Å². The Kier molecular flexibility index (Phi) is 7.98. The van der Waals surface area contributed by atoms with Crippen LogP contribution in [0.3, 0.4) is 0 Å². The summed E-state index contributed by atoms with van der Waals surface area (Å²) in [6.07, 6.45) is -8.59. The zero-order valence-electron chi connectivity index (χ0n) is 19.1. The van der Waals surface area contributed by atoms with Crippen molar-refractivity contribution in [3.05, 3.63) is 64.2 Å². The van der Waals surface area contributed by atoms with E-state index in [9.17, 15) is 41.0 Å². The van der Waals surface area contributed by atoms with Gasteiger partial charge in [0.15, 0.2) is 0 Å². The molecule has 3 rings (SSSR count). The number of benzene rings is 2. The van der Waals surface area contributed by atoms with Crippen molar-refractivity contribution in [1.82, 2.24) is 0 Å². The fourth-order valence-electron chi connectivity index (χ4n) is 4.38. The van der Waals surface area contributed by atoms with E-state index < -0.39 is 47.9 Å². The Morgan fingerprint density at radius 2 is 1.61 bits per heavy atom. The van der Waals surface area contributed by atoms with Crippen molar-refractivity contribution in [3.8, 4) is 0 Å². The van der Waals surface area contributed by atoms with Crippen LogP contribution in [0.1, 0.15) is 48.8 Å². The Labute approximate surface area is 208 Å². The topological polar surface area (TPSA) is 66.4 Å². The minimum Gasteiger partial charge on any atom is -0.481 e. The standard InChI is InChI=1S/C25H24ClF6NO3/c1-14(25(30,31)32)20(17-6-3-15(4-7-17)13-24(27,28)29)21(34)33-19-11-16(5-8-18(19)26)12-23(22(35)36)9-2-10-23/h3-8,11,14,20H,2,9-10,12-13H2,1H3,(H,33,34)(H,35,36). The van der Waals surface area contributed by atoms with Gasteiger partial charge in [-0.05, 0) is 48.1 Å². The van der Waals surface area contributed by atoms with E-state index in [2.05, 4.69) is 5.32 Å². The van der Waals surface area contributed by atoms with E-state index in [4.69, 9.17) is 11.6 Å². The maximum absolute atomic E-state index is 13.6. The van der Waals surface area contributed by atoms with Crippen molar-refractivity contribution in [2.75, 3.05) is 5.32 Å². The number of carboxylic acids is 1. The lowest BCUT2D eigenvalue weighted by molar-refractivity contribution is -0.178. The molecule has 2 N–H and O–H groups in total. The summed E-state index contributed by atoms with van der Waals surface area (Å²) in [5.74, 6) is -5.90. The smallest absolute Gasteiger partial charge is 0.393 e. The first-order valence-corrected chi connectivity index (χ1v) is 11.5. The van der Waals surface area contributed by atoms with Crippen LogP contribution >= 0.6 is 11.6 Å². The van der Waals surface area contributed by atoms with Crippen LogP contribution in [-0.4, -0.2) is 29.3 Å². The molecular weight excluding hydrogens is 512 g/mol. The molecule has 36 heavy (non-hydrogen) atoms. The molecule has 11 heteroatoms. The highest BCUT2D eigenvalue weighted by Crippen LogP contribution is 2.45. The maximum Gasteiger partial charge on any atom is 0.393 e. The molecule has 2 aromatic carbocycles. The first-order valence-electron chi connectivity index (χ1n) is 11.2. The van der Waals surface area contributed by atoms with E-state index in [1.165, 1.54) is 12.1 Å². The van der Waals surface area contributed by atoms with Crippen LogP contribution in [0.25, 0.3) is 0 Å². The highest BCUT2D eigenvalue weighted by molar-refractivity contribution is 6.33. The summed E-state index contributed by atoms with van der Waals surface area (Å²) in [5.41, 5.74) is -0.611. The lowest BCUT2D eigenvalue weighted by Crippen LogP contribution is -2.39. The minimum atomic E-state index is -4.77. The summed E-state index contributed by atoms with van der Waals surface area (Å²) in [6, 6.07) is 8.71. The highest BCUT2D eigenvalue weighted by atomic mass is 35.5. The van der Waals surface area contributed by atoms with E-state index in [1.54, 1.807) is 6.07 Å². The molecule has 1 aliphatic carbocycles. The third kappa shape index (κ3) is 6.52. The third-order valence-electron chi connectivity index (χ3n) is 6.64. The van der Waals surface area contributed by atoms with Gasteiger partial charge in [-0.15, -0.1) is 0 Å². The van der Waals surface area contributed by atoms with Gasteiger partial charge in [0.25, 0.3) is 0 Å². The molecule has 2 aromatic rings. The fourth-order valence-corrected chi connectivity index (χ4v) is 4.54. The Morgan fingerprint density at radius 1 is 1.03 bits per heavy atom. The number of aliphatic carboxylic acids is 1. The Balaban J connectivity index is 1.88. The van der Waals surface area contributed by atoms with Gasteiger partial charge in [0.2, 0.25) is 5.91 Å². The van der Waals surface area contributed by atoms with Crippen LogP contribution in [-0.2, 0) is 22.4 Å². The first kappa shape index (κ1) is 27.8. The number of carbonyl (C=O) groups excluding carboxylic acids is 1. The van der Waals surface area contributed by atoms with Crippen LogP contribution in [0.2, 0.25) is 5.02 Å². The predicted molar refractivity (Wildman–Crippen MR) is 122 cm³/mol. The largest absolute Gasteiger partial charge is 0.481 e. The molecule has 2 atom stereocenters. The van der Waals surface area contributed by atoms with Gasteiger partial charge in [0.05, 0.1) is 34.4 Å². The van der Waals surface area contributed by atoms with Gasteiger partial charge in [-0.3, -0.25) is 9.59 Å². The number of hydrogen-bond acceptors (Lipinski definition) is 2. The van der Waals surface area contributed by atoms with Crippen LogP contribution in [0, 0.1) is 11.3 Å². The lowest BCUT2D eigenvalue weighted by Gasteiger charge is -2.37. The van der Waals surface area contributed by atoms with E-state index in [0.29, 0.717) is 18.4 Å². The van der Waals surface area contributed by atoms with Crippen molar-refractivity contribution in [2.24, 2.45) is 11.3 Å². The lowest BCUT2D eigenvalue weighted by atomic mass is 9.65. The summed E-state index contributed by atoms with van der Waals surface area (Å²) >= 11 is 6.16. The third-order valence-corrected chi connectivity index (χ3v) is 6.97. The molecule has 0 aliphatic heterocycles. The van der Waals surface area contributed by atoms with Gasteiger partial charge in [-0.1, -0.05) is 55.3 Å². The van der Waals surface area contributed by atoms with Gasteiger partial charge < -0.3 is 10.4 Å². The first-order chi connectivity index (χ1) is 16.6. The number of amides is 1. The van der Waals surface area contributed by atoms with Crippen LogP contribution < -0.4 is 5.32 Å². The molecule has 0 radical (unpaired) electrons. The van der Waals surface area contributed by atoms with Crippen LogP contribution in [0.5, 0.6) is 0 Å². The zero-order chi connectivity index (χ0) is 26.9. The second-order valence-corrected chi connectivity index (χ2v) is 9.67. The van der Waals surface area contributed by atoms with Crippen molar-refractivity contribution < 1.29 is 41.0 Å². The van der Waals surface area contributed by atoms with Crippen molar-refractivity contribution in [1.29, 1.82) is 0 Å². The SMILES string of the molecule is CC(C(C(=O)Nc1cc(CC2(C(=O)O)CCC2)ccc1Cl)c1ccc(CC(F)(F)F)cc1)C(F)(F)F. The summed E-state index contributed by atoms with van der Waals surface area (Å²) in [7, 11) is 0. The average Bonchev–Trinajstić information content (AvgIpc) is 2.72. The summed E-state index contributed by atoms with van der Waals surface area (Å²) in [5, 5.41) is 12.0. The molecule has 0 saturated heterocycles. The number of carboxylic acid groups (broad SMARTS) is 1. The van der Waals surface area contributed by atoms with Crippen LogP contribution in [0.4, 0.5) is 32.0 Å². The number of rotatable bonds is 8. The van der Waals surface area contributed by atoms with Crippen LogP contribution in [0.15, 0.2) is 42.5 Å². The van der Waals surface area contributed by atoms with Gasteiger partial charge >= 0.3 is 18.3 Å². The molecule has 196 valence electrons. The van der Waals surface area contributed by atoms with E-state index in [-0.39, 0.29) is 28.3 Å². The number of carbonyl (C=O) groups is 2. The van der Waals surface area contributed by atoms with Crippen molar-refractivity contribution >= 4 is 29.2 Å². The zero-order valence-corrected chi connectivity index (χ0v) is 19.9. The fraction of sp³-hybridized carbons (Fsp3) is 0.440. The number of halogens is 7. The molecule has 0 aromatic heterocycles. The average molecular weight is 536 g/mol. The van der Waals surface area contributed by atoms with Gasteiger partial charge in [-0.25, -0.2) is 0 Å². The number of nitrogens with one attached hydrogen (secondary N) is 1. The van der Waals surface area contributed by atoms with Gasteiger partial charge in [0, 0.05) is 0 Å². The normalized spacial score (nSPS) is 17.1. The molecular formula is C25H24ClF6NO3. The molecule has 1 fully saturated rings. The van der Waals surface area contributed by atoms with E-state index in [1.807, 2.05) is 0 Å². The molecule has 1 aliphatic rings. The molecule has 0 spiro atoms. The summed E-state index contributed by atoms with van der Waals surface area (Å²) in [4.78, 5) is 24.8. The second-order valence-electron chi connectivity index (χ2n) is 9.26. The van der Waals surface area contributed by atoms with Crippen molar-refractivity contribution in [3.63, 3.8) is 0 Å². The molecule has 1 saturated carbocycles. The molecule has 2 unspecified atom stereocenters. The summed E-state index contributed by atoms with van der Waals surface area (Å²) < 4.78 is 78.8. The quantitative estimate of drug-likeness (QED) is 0.352. The molecule has 0 bridgehead atoms. The molecule has 0 heterocycles. The minimum absolute atomic E-state index is 0.0205. The predicted octanol–water partition coefficient (Wildman–Crippen LogP) is 7.16. The maximum atomic E-state index is 13.6. The Hall–Kier alpha value is -2.75. The molecule has 4 nitrogen and oxygen atoms in total. The molecule has 1 amide bonds. The monoisotopic (exact) mass is 535 g/mol. The highest BCUT2D eigenvalue weighted by Gasteiger charge is 2.46. The summed E-state index contributed by atoms with van der Waals surface area (Å²) in [6.45, 7) is 0.819. The number of hydrogen-bond donors (Lipinski definition) is 2. The Morgan fingerprint density at radius 3 is 2.08 bits per heavy atom. The Bertz CT molecular complexity index is 1110. The van der Waals surface area contributed by atoms with E-state index >= 15 is 0 Å². The number of anilines is 1. The van der Waals surface area contributed by atoms with Gasteiger partial charge in [0.1, 0.15) is 0 Å². The van der Waals surface area contributed by atoms with E-state index in [0.717, 1.165) is 37.6 Å². The van der Waals surface area contributed by atoms with Gasteiger partial charge in [-0.2, -0.15) is 26.3 Å².